The number of aromatic nitrogens is 8. The highest BCUT2D eigenvalue weighted by Crippen LogP contribution is 2.50. The van der Waals surface area contributed by atoms with Crippen LogP contribution in [0.2, 0.25) is 0 Å². The van der Waals surface area contributed by atoms with Crippen molar-refractivity contribution in [3.05, 3.63) is 25.3 Å². The van der Waals surface area contributed by atoms with E-state index in [1.807, 2.05) is 0 Å². The van der Waals surface area contributed by atoms with Crippen LogP contribution in [-0.2, 0) is 60.8 Å². The monoisotopic (exact) mass is 840 g/mol. The number of nitrogen functional groups attached to an aromatic ring is 2. The van der Waals surface area contributed by atoms with E-state index in [0.717, 1.165) is 12.7 Å². The van der Waals surface area contributed by atoms with Crippen LogP contribution in [0, 0.1) is 0 Å². The third-order valence-corrected chi connectivity index (χ3v) is 11.1. The fraction of sp³-hybridized carbons (Fsp3) is 0.500. The van der Waals surface area contributed by atoms with Gasteiger partial charge in [-0.3, -0.25) is 18.2 Å². The summed E-state index contributed by atoms with van der Waals surface area (Å²) in [5, 5.41) is 62.1. The van der Waals surface area contributed by atoms with Crippen LogP contribution >= 0.6 is 13.4 Å². The van der Waals surface area contributed by atoms with Gasteiger partial charge in [0.05, 0.1) is 25.9 Å². The number of carbonyl (C=O) groups is 2. The third-order valence-electron chi connectivity index (χ3n) is 8.06. The number of hydrogen-bond acceptors (Lipinski definition) is 22. The molecular formula is C24H30N10O16P2S2. The smallest absolute Gasteiger partial charge is 0.336 e. The largest absolute Gasteiger partial charge is 0.479 e. The van der Waals surface area contributed by atoms with Crippen LogP contribution in [0.1, 0.15) is 12.5 Å². The van der Waals surface area contributed by atoms with Gasteiger partial charge in [0.2, 0.25) is 12.2 Å². The first-order valence-corrected chi connectivity index (χ1v) is 20.2. The molecule has 0 aromatic carbocycles. The maximum atomic E-state index is 12.1. The number of hydrogen-bond donors (Lipinski definition) is 10. The molecule has 0 amide bonds. The van der Waals surface area contributed by atoms with Crippen molar-refractivity contribution in [1.29, 1.82) is 0 Å². The Bertz CT molecular complexity index is 2000. The number of carboxylic acids is 2. The zero-order valence-electron chi connectivity index (χ0n) is 26.8. The first-order valence-electron chi connectivity index (χ1n) is 15.1. The Morgan fingerprint density at radius 1 is 0.704 bits per heavy atom. The Hall–Kier alpha value is -3.54. The summed E-state index contributed by atoms with van der Waals surface area (Å²) in [5.74, 6) is -4.07. The highest BCUT2D eigenvalue weighted by molar-refractivity contribution is 8.07. The lowest BCUT2D eigenvalue weighted by atomic mass is 10.1. The summed E-state index contributed by atoms with van der Waals surface area (Å²) in [5.41, 5.74) is 12.2. The molecule has 4 unspecified atom stereocenters. The predicted octanol–water partition coefficient (Wildman–Crippen LogP) is -3.52. The molecule has 4 aromatic heterocycles. The minimum absolute atomic E-state index is 0.0301. The number of aliphatic hydroxyl groups is 4. The molecule has 54 heavy (non-hydrogen) atoms. The molecule has 0 saturated carbocycles. The van der Waals surface area contributed by atoms with Crippen molar-refractivity contribution in [3.63, 3.8) is 0 Å². The summed E-state index contributed by atoms with van der Waals surface area (Å²) in [4.78, 5) is 69.5. The van der Waals surface area contributed by atoms with Crippen LogP contribution in [0.4, 0.5) is 11.6 Å². The lowest BCUT2D eigenvalue weighted by Crippen LogP contribution is -2.43. The fourth-order valence-corrected chi connectivity index (χ4v) is 8.14. The number of rotatable bonds is 15. The van der Waals surface area contributed by atoms with E-state index in [1.54, 1.807) is 0 Å². The zero-order valence-corrected chi connectivity index (χ0v) is 30.2. The highest BCUT2D eigenvalue weighted by Gasteiger charge is 2.48. The summed E-state index contributed by atoms with van der Waals surface area (Å²) < 4.78 is 34.0. The second-order valence-electron chi connectivity index (χ2n) is 11.5. The van der Waals surface area contributed by atoms with Gasteiger partial charge in [-0.2, -0.15) is 0 Å². The lowest BCUT2D eigenvalue weighted by molar-refractivity contribution is -0.163. The molecule has 0 aliphatic carbocycles. The highest BCUT2D eigenvalue weighted by atomic mass is 32.5. The van der Waals surface area contributed by atoms with Crippen LogP contribution in [-0.4, -0.2) is 153 Å². The summed E-state index contributed by atoms with van der Waals surface area (Å²) in [7, 11) is 0. The van der Waals surface area contributed by atoms with Crippen molar-refractivity contribution in [1.82, 2.24) is 39.0 Å². The Kier molecular flexibility index (Phi) is 11.5. The maximum absolute atomic E-state index is 12.1. The van der Waals surface area contributed by atoms with E-state index in [9.17, 15) is 50.0 Å². The third kappa shape index (κ3) is 8.05. The maximum Gasteiger partial charge on any atom is 0.336 e. The van der Waals surface area contributed by atoms with Crippen LogP contribution in [0.3, 0.4) is 0 Å². The summed E-state index contributed by atoms with van der Waals surface area (Å²) >= 11 is 9.74. The number of carboxylic acid groups (broad SMARTS) is 2. The van der Waals surface area contributed by atoms with Crippen LogP contribution in [0.25, 0.3) is 22.3 Å². The average Bonchev–Trinajstić information content (AvgIpc) is 3.87. The molecule has 12 N–H and O–H groups in total. The summed E-state index contributed by atoms with van der Waals surface area (Å²) in [6.07, 6.45) is -12.7. The van der Waals surface area contributed by atoms with E-state index in [4.69, 9.17) is 62.6 Å². The van der Waals surface area contributed by atoms with Gasteiger partial charge in [0.25, 0.3) is 0 Å². The van der Waals surface area contributed by atoms with Gasteiger partial charge in [-0.25, -0.2) is 39.5 Å². The predicted molar refractivity (Wildman–Crippen MR) is 181 cm³/mol. The number of ether oxygens (including phenoxy) is 2. The number of fused-ring (bicyclic) bond motifs is 2. The van der Waals surface area contributed by atoms with E-state index in [2.05, 4.69) is 29.9 Å². The van der Waals surface area contributed by atoms with Crippen molar-refractivity contribution in [2.75, 3.05) is 24.7 Å². The molecule has 0 bridgehead atoms. The van der Waals surface area contributed by atoms with Crippen molar-refractivity contribution < 1.29 is 77.6 Å². The van der Waals surface area contributed by atoms with Gasteiger partial charge in [-0.05, 0) is 23.6 Å². The Balaban J connectivity index is 1.08. The Morgan fingerprint density at radius 2 is 1.07 bits per heavy atom. The van der Waals surface area contributed by atoms with Crippen molar-refractivity contribution in [3.8, 4) is 0 Å². The number of nitrogens with two attached hydrogens (primary N) is 2. The van der Waals surface area contributed by atoms with Crippen molar-refractivity contribution in [2.24, 2.45) is 0 Å². The molecule has 6 rings (SSSR count). The minimum atomic E-state index is -4.75. The van der Waals surface area contributed by atoms with Crippen molar-refractivity contribution in [2.45, 2.75) is 61.3 Å². The number of aliphatic carboxylic acids is 2. The molecule has 294 valence electrons. The van der Waals surface area contributed by atoms with Gasteiger partial charge in [-0.15, -0.1) is 0 Å². The minimum Gasteiger partial charge on any atom is -0.479 e. The van der Waals surface area contributed by atoms with Gasteiger partial charge in [-0.1, -0.05) is 0 Å². The SMILES string of the molecule is Nc1ncnc2c1ncn2[C@@H]1O[C@H](COP(O)(=S)OC(C(=O)O)C(OP(O)(=S)OC[C@H]2O[C@@H](n3cnc4c(N)ncnc43)[C@H](O)[C@@H]2O)C(=O)O)[C@@H](O)[C@H]1O. The lowest BCUT2D eigenvalue weighted by Gasteiger charge is -2.28. The zero-order chi connectivity index (χ0) is 39.3. The van der Waals surface area contributed by atoms with Gasteiger partial charge in [0.15, 0.2) is 35.4 Å². The molecule has 26 nitrogen and oxygen atoms in total. The van der Waals surface area contributed by atoms with E-state index in [1.165, 1.54) is 21.8 Å². The second kappa shape index (κ2) is 15.5. The normalized spacial score (nSPS) is 29.2. The molecule has 6 heterocycles. The van der Waals surface area contributed by atoms with E-state index >= 15 is 0 Å². The van der Waals surface area contributed by atoms with Gasteiger partial charge in [0.1, 0.15) is 60.3 Å². The second-order valence-corrected chi connectivity index (χ2v) is 17.1. The number of nitrogens with zero attached hydrogens (tertiary/aromatic N) is 8. The molecule has 4 aromatic rings. The van der Waals surface area contributed by atoms with Crippen LogP contribution in [0.15, 0.2) is 25.3 Å². The quantitative estimate of drug-likeness (QED) is 0.0519. The number of imidazole rings is 2. The summed E-state index contributed by atoms with van der Waals surface area (Å²) in [6.45, 7) is -11.1. The van der Waals surface area contributed by atoms with Gasteiger partial charge in [0, 0.05) is 0 Å². The van der Waals surface area contributed by atoms with Gasteiger partial charge >= 0.3 is 25.4 Å². The Morgan fingerprint density at radius 3 is 1.43 bits per heavy atom. The molecule has 2 saturated heterocycles. The molecule has 2 aliphatic heterocycles. The van der Waals surface area contributed by atoms with E-state index < -0.39 is 99.9 Å². The fourth-order valence-electron chi connectivity index (χ4n) is 5.45. The van der Waals surface area contributed by atoms with Crippen molar-refractivity contribution >= 4 is 83.0 Å². The molecular weight excluding hydrogens is 810 g/mol. The molecule has 0 spiro atoms. The van der Waals surface area contributed by atoms with E-state index in [-0.39, 0.29) is 34.0 Å². The first kappa shape index (κ1) is 40.1. The van der Waals surface area contributed by atoms with Crippen LogP contribution in [0.5, 0.6) is 0 Å². The topological polar surface area (TPSA) is 391 Å². The molecule has 30 heteroatoms. The molecule has 0 radical (unpaired) electrons. The van der Waals surface area contributed by atoms with Crippen LogP contribution < -0.4 is 11.5 Å². The molecule has 12 atom stereocenters. The first-order chi connectivity index (χ1) is 25.4. The average molecular weight is 841 g/mol. The summed E-state index contributed by atoms with van der Waals surface area (Å²) in [6, 6.07) is 0. The number of anilines is 2. The Labute approximate surface area is 310 Å². The molecule has 2 fully saturated rings. The van der Waals surface area contributed by atoms with Gasteiger partial charge < -0.3 is 70.4 Å². The number of aliphatic hydroxyl groups excluding tert-OH is 4. The standard InChI is InChI=1S/C24H30N10O16P2S2/c25-17-9-19(29-3-27-17)33(5-31-9)21-13(37)11(35)7(47-21)1-45-51(43,53)49-15(23(39)40)16(24(41)42)50-52(44,54)46-2-8-12(36)14(38)22(48-8)34-6-32-10-18(26)28-4-30-20(10)34/h3-8,11-16,21-22,35-38H,1-2H2,(H,39,40)(H,41,42)(H,43,53)(H,44,54)(H2,25,27,29)(H2,26,28,30)/t7-,8-,11-,12-,13-,14-,15?,16?,21-,22-,51?,52?/m1/s1. The van der Waals surface area contributed by atoms with E-state index in [0.29, 0.717) is 0 Å². The molecule has 2 aliphatic rings.